The first kappa shape index (κ1) is 15.9. The van der Waals surface area contributed by atoms with Crippen LogP contribution in [-0.2, 0) is 16.0 Å². The van der Waals surface area contributed by atoms with Crippen molar-refractivity contribution >= 4 is 23.6 Å². The number of amides is 2. The van der Waals surface area contributed by atoms with Gasteiger partial charge in [-0.3, -0.25) is 9.59 Å². The minimum Gasteiger partial charge on any atom is -0.472 e. The van der Waals surface area contributed by atoms with Crippen molar-refractivity contribution in [1.29, 1.82) is 0 Å². The molecule has 0 aliphatic carbocycles. The summed E-state index contributed by atoms with van der Waals surface area (Å²) in [4.78, 5) is 26.2. The minimum absolute atomic E-state index is 0.0228. The van der Waals surface area contributed by atoms with E-state index in [9.17, 15) is 9.59 Å². The fraction of sp³-hybridized carbons (Fsp3) is 0.600. The molecule has 1 aromatic rings. The van der Waals surface area contributed by atoms with E-state index in [4.69, 9.17) is 4.42 Å². The van der Waals surface area contributed by atoms with E-state index in [-0.39, 0.29) is 24.3 Å². The third-order valence-electron chi connectivity index (χ3n) is 3.46. The van der Waals surface area contributed by atoms with Crippen molar-refractivity contribution in [2.75, 3.05) is 18.2 Å². The van der Waals surface area contributed by atoms with Crippen LogP contribution in [0.2, 0.25) is 0 Å². The molecular weight excluding hydrogens is 288 g/mol. The number of rotatable bonds is 6. The van der Waals surface area contributed by atoms with Crippen LogP contribution < -0.4 is 5.32 Å². The number of nitrogens with zero attached hydrogens (tertiary/aromatic N) is 1. The molecule has 2 rings (SSSR count). The molecule has 0 saturated carbocycles. The van der Waals surface area contributed by atoms with Gasteiger partial charge in [-0.2, -0.15) is 0 Å². The molecule has 1 saturated heterocycles. The number of hydrogen-bond donors (Lipinski definition) is 1. The first-order valence-electron chi connectivity index (χ1n) is 7.24. The quantitative estimate of drug-likeness (QED) is 0.871. The van der Waals surface area contributed by atoms with E-state index in [1.54, 1.807) is 35.3 Å². The first-order chi connectivity index (χ1) is 10.1. The number of carbonyl (C=O) groups is 2. The Bertz CT molecular complexity index is 473. The topological polar surface area (TPSA) is 62.6 Å². The molecule has 1 aliphatic heterocycles. The summed E-state index contributed by atoms with van der Waals surface area (Å²) in [6.07, 6.45) is 4.36. The van der Waals surface area contributed by atoms with Gasteiger partial charge in [-0.1, -0.05) is 13.8 Å². The van der Waals surface area contributed by atoms with E-state index < -0.39 is 0 Å². The molecule has 116 valence electrons. The van der Waals surface area contributed by atoms with Gasteiger partial charge >= 0.3 is 0 Å². The predicted molar refractivity (Wildman–Crippen MR) is 82.8 cm³/mol. The van der Waals surface area contributed by atoms with E-state index in [0.29, 0.717) is 24.1 Å². The molecule has 0 spiro atoms. The summed E-state index contributed by atoms with van der Waals surface area (Å²) in [6.45, 7) is 4.91. The highest BCUT2D eigenvalue weighted by Gasteiger charge is 2.34. The standard InChI is InChI=1S/C15H22N2O3S/c1-11(2)3-5-16-15(19)13-9-21-10-17(13)14(18)7-12-4-6-20-8-12/h4,6,8,11,13H,3,5,7,9-10H2,1-2H3,(H,16,19). The molecule has 6 heteroatoms. The first-order valence-corrected chi connectivity index (χ1v) is 8.39. The minimum atomic E-state index is -0.346. The van der Waals surface area contributed by atoms with Crippen LogP contribution in [0.25, 0.3) is 0 Å². The molecule has 1 atom stereocenters. The maximum Gasteiger partial charge on any atom is 0.243 e. The number of thioether (sulfide) groups is 1. The van der Waals surface area contributed by atoms with Gasteiger partial charge in [0, 0.05) is 12.3 Å². The van der Waals surface area contributed by atoms with Crippen molar-refractivity contribution in [3.05, 3.63) is 24.2 Å². The van der Waals surface area contributed by atoms with E-state index >= 15 is 0 Å². The van der Waals surface area contributed by atoms with Crippen LogP contribution in [-0.4, -0.2) is 40.9 Å². The van der Waals surface area contributed by atoms with E-state index in [2.05, 4.69) is 19.2 Å². The normalized spacial score (nSPS) is 18.2. The van der Waals surface area contributed by atoms with Gasteiger partial charge in [-0.15, -0.1) is 11.8 Å². The zero-order valence-corrected chi connectivity index (χ0v) is 13.3. The Morgan fingerprint density at radius 3 is 3.00 bits per heavy atom. The lowest BCUT2D eigenvalue weighted by atomic mass is 10.1. The van der Waals surface area contributed by atoms with Crippen LogP contribution in [0.1, 0.15) is 25.8 Å². The average Bonchev–Trinajstić information content (AvgIpc) is 3.08. The van der Waals surface area contributed by atoms with Gasteiger partial charge in [0.2, 0.25) is 11.8 Å². The Labute approximate surface area is 129 Å². The smallest absolute Gasteiger partial charge is 0.243 e. The third kappa shape index (κ3) is 4.52. The molecule has 1 aromatic heterocycles. The Morgan fingerprint density at radius 2 is 2.33 bits per heavy atom. The Hall–Kier alpha value is -1.43. The molecule has 1 N–H and O–H groups in total. The molecule has 5 nitrogen and oxygen atoms in total. The second-order valence-electron chi connectivity index (χ2n) is 5.66. The predicted octanol–water partition coefficient (Wildman–Crippen LogP) is 1.89. The lowest BCUT2D eigenvalue weighted by Crippen LogP contribution is -2.48. The molecule has 21 heavy (non-hydrogen) atoms. The zero-order chi connectivity index (χ0) is 15.2. The molecular formula is C15H22N2O3S. The Kier molecular flexibility index (Phi) is 5.73. The van der Waals surface area contributed by atoms with Crippen molar-refractivity contribution in [3.63, 3.8) is 0 Å². The van der Waals surface area contributed by atoms with Gasteiger partial charge in [-0.05, 0) is 24.0 Å². The molecule has 1 aliphatic rings. The summed E-state index contributed by atoms with van der Waals surface area (Å²) >= 11 is 1.62. The summed E-state index contributed by atoms with van der Waals surface area (Å²) in [5, 5.41) is 2.93. The van der Waals surface area contributed by atoms with Gasteiger partial charge in [-0.25, -0.2) is 0 Å². The van der Waals surface area contributed by atoms with Gasteiger partial charge in [0.05, 0.1) is 24.8 Å². The summed E-state index contributed by atoms with van der Waals surface area (Å²) in [5.74, 6) is 1.75. The second-order valence-corrected chi connectivity index (χ2v) is 6.66. The van der Waals surface area contributed by atoms with E-state index in [1.807, 2.05) is 0 Å². The number of furan rings is 1. The van der Waals surface area contributed by atoms with Crippen LogP contribution in [0.3, 0.4) is 0 Å². The van der Waals surface area contributed by atoms with Crippen molar-refractivity contribution in [2.45, 2.75) is 32.7 Å². The van der Waals surface area contributed by atoms with Crippen molar-refractivity contribution in [3.8, 4) is 0 Å². The second kappa shape index (κ2) is 7.54. The van der Waals surface area contributed by atoms with Gasteiger partial charge in [0.1, 0.15) is 6.04 Å². The molecule has 1 fully saturated rings. The monoisotopic (exact) mass is 310 g/mol. The summed E-state index contributed by atoms with van der Waals surface area (Å²) < 4.78 is 4.97. The van der Waals surface area contributed by atoms with Crippen LogP contribution in [0.15, 0.2) is 23.0 Å². The average molecular weight is 310 g/mol. The van der Waals surface area contributed by atoms with Crippen molar-refractivity contribution < 1.29 is 14.0 Å². The highest BCUT2D eigenvalue weighted by molar-refractivity contribution is 7.99. The fourth-order valence-corrected chi connectivity index (χ4v) is 3.36. The van der Waals surface area contributed by atoms with Crippen LogP contribution in [0, 0.1) is 5.92 Å². The van der Waals surface area contributed by atoms with Crippen molar-refractivity contribution in [2.24, 2.45) is 5.92 Å². The summed E-state index contributed by atoms with van der Waals surface area (Å²) in [5.41, 5.74) is 0.843. The number of nitrogens with one attached hydrogen (secondary N) is 1. The lowest BCUT2D eigenvalue weighted by molar-refractivity contribution is -0.137. The SMILES string of the molecule is CC(C)CCNC(=O)C1CSCN1C(=O)Cc1ccoc1. The van der Waals surface area contributed by atoms with Gasteiger partial charge in [0.15, 0.2) is 0 Å². The number of hydrogen-bond acceptors (Lipinski definition) is 4. The zero-order valence-electron chi connectivity index (χ0n) is 12.5. The molecule has 2 amide bonds. The maximum absolute atomic E-state index is 12.3. The Balaban J connectivity index is 1.87. The molecule has 0 radical (unpaired) electrons. The Morgan fingerprint density at radius 1 is 1.52 bits per heavy atom. The molecule has 2 heterocycles. The molecule has 0 aromatic carbocycles. The molecule has 1 unspecified atom stereocenters. The van der Waals surface area contributed by atoms with Gasteiger partial charge in [0.25, 0.3) is 0 Å². The largest absolute Gasteiger partial charge is 0.472 e. The van der Waals surface area contributed by atoms with Crippen molar-refractivity contribution in [1.82, 2.24) is 10.2 Å². The molecule has 0 bridgehead atoms. The van der Waals surface area contributed by atoms with Crippen LogP contribution >= 0.6 is 11.8 Å². The van der Waals surface area contributed by atoms with E-state index in [1.165, 1.54) is 0 Å². The van der Waals surface area contributed by atoms with Gasteiger partial charge < -0.3 is 14.6 Å². The van der Waals surface area contributed by atoms with Crippen LogP contribution in [0.5, 0.6) is 0 Å². The third-order valence-corrected chi connectivity index (χ3v) is 4.47. The maximum atomic E-state index is 12.3. The fourth-order valence-electron chi connectivity index (χ4n) is 2.18. The summed E-state index contributed by atoms with van der Waals surface area (Å²) in [7, 11) is 0. The lowest BCUT2D eigenvalue weighted by Gasteiger charge is -2.23. The number of carbonyl (C=O) groups excluding carboxylic acids is 2. The van der Waals surface area contributed by atoms with Crippen LogP contribution in [0.4, 0.5) is 0 Å². The highest BCUT2D eigenvalue weighted by atomic mass is 32.2. The van der Waals surface area contributed by atoms with E-state index in [0.717, 1.165) is 12.0 Å². The summed E-state index contributed by atoms with van der Waals surface area (Å²) in [6, 6.07) is 1.43. The highest BCUT2D eigenvalue weighted by Crippen LogP contribution is 2.22.